The standard InChI is InChI=1S/C20H28N2O2/c1-2-3-13-24-19-11-9-18(10-12-19)22-20(14-17(15-23)21-22)16-7-5-4-6-8-16/h9-12,14,16,23H,2-8,13,15H2,1H3. The minimum Gasteiger partial charge on any atom is -0.494 e. The van der Waals surface area contributed by atoms with E-state index in [9.17, 15) is 5.11 Å². The lowest BCUT2D eigenvalue weighted by molar-refractivity contribution is 0.276. The summed E-state index contributed by atoms with van der Waals surface area (Å²) in [7, 11) is 0. The molecule has 0 radical (unpaired) electrons. The third-order valence-corrected chi connectivity index (χ3v) is 4.82. The van der Waals surface area contributed by atoms with Crippen molar-refractivity contribution in [3.05, 3.63) is 41.7 Å². The average molecular weight is 328 g/mol. The fourth-order valence-electron chi connectivity index (χ4n) is 3.44. The van der Waals surface area contributed by atoms with E-state index in [4.69, 9.17) is 4.74 Å². The third-order valence-electron chi connectivity index (χ3n) is 4.82. The van der Waals surface area contributed by atoms with Crippen LogP contribution in [0.3, 0.4) is 0 Å². The lowest BCUT2D eigenvalue weighted by atomic mass is 9.86. The van der Waals surface area contributed by atoms with Gasteiger partial charge in [0.1, 0.15) is 5.75 Å². The van der Waals surface area contributed by atoms with Crippen LogP contribution in [0.1, 0.15) is 69.2 Å². The van der Waals surface area contributed by atoms with Crippen molar-refractivity contribution in [1.82, 2.24) is 9.78 Å². The highest BCUT2D eigenvalue weighted by Gasteiger charge is 2.21. The summed E-state index contributed by atoms with van der Waals surface area (Å²) in [5.74, 6) is 1.45. The Kier molecular flexibility index (Phi) is 5.91. The molecule has 0 amide bonds. The predicted octanol–water partition coefficient (Wildman–Crippen LogP) is 4.59. The van der Waals surface area contributed by atoms with Gasteiger partial charge in [0.15, 0.2) is 0 Å². The SMILES string of the molecule is CCCCOc1ccc(-n2nc(CO)cc2C2CCCCC2)cc1. The molecule has 0 aliphatic heterocycles. The van der Waals surface area contributed by atoms with Crippen LogP contribution in [0.5, 0.6) is 5.75 Å². The van der Waals surface area contributed by atoms with Crippen molar-refractivity contribution in [1.29, 1.82) is 0 Å². The number of hydrogen-bond donors (Lipinski definition) is 1. The fourth-order valence-corrected chi connectivity index (χ4v) is 3.44. The maximum Gasteiger partial charge on any atom is 0.119 e. The average Bonchev–Trinajstić information content (AvgIpc) is 3.08. The highest BCUT2D eigenvalue weighted by molar-refractivity contribution is 5.39. The molecule has 4 nitrogen and oxygen atoms in total. The normalized spacial score (nSPS) is 15.6. The van der Waals surface area contributed by atoms with Crippen molar-refractivity contribution < 1.29 is 9.84 Å². The predicted molar refractivity (Wildman–Crippen MR) is 95.7 cm³/mol. The van der Waals surface area contributed by atoms with Crippen molar-refractivity contribution in [2.24, 2.45) is 0 Å². The summed E-state index contributed by atoms with van der Waals surface area (Å²) in [6, 6.07) is 10.2. The number of aliphatic hydroxyl groups excluding tert-OH is 1. The first-order chi connectivity index (χ1) is 11.8. The van der Waals surface area contributed by atoms with E-state index in [1.54, 1.807) is 0 Å². The van der Waals surface area contributed by atoms with Crippen LogP contribution >= 0.6 is 0 Å². The zero-order valence-electron chi connectivity index (χ0n) is 14.6. The lowest BCUT2D eigenvalue weighted by Crippen LogP contribution is -2.11. The second kappa shape index (κ2) is 8.34. The molecule has 1 heterocycles. The highest BCUT2D eigenvalue weighted by atomic mass is 16.5. The summed E-state index contributed by atoms with van der Waals surface area (Å²) in [6.07, 6.45) is 8.56. The van der Waals surface area contributed by atoms with E-state index in [0.717, 1.165) is 36.6 Å². The quantitative estimate of drug-likeness (QED) is 0.756. The second-order valence-corrected chi connectivity index (χ2v) is 6.66. The molecule has 0 spiro atoms. The number of unbranched alkanes of at least 4 members (excludes halogenated alkanes) is 1. The maximum absolute atomic E-state index is 9.49. The van der Waals surface area contributed by atoms with E-state index < -0.39 is 0 Å². The first-order valence-electron chi connectivity index (χ1n) is 9.24. The Morgan fingerprint density at radius 1 is 1.17 bits per heavy atom. The molecule has 1 saturated carbocycles. The van der Waals surface area contributed by atoms with Crippen LogP contribution in [-0.2, 0) is 6.61 Å². The largest absolute Gasteiger partial charge is 0.494 e. The van der Waals surface area contributed by atoms with E-state index in [2.05, 4.69) is 30.2 Å². The molecule has 1 aromatic carbocycles. The zero-order chi connectivity index (χ0) is 16.8. The molecule has 3 rings (SSSR count). The second-order valence-electron chi connectivity index (χ2n) is 6.66. The maximum atomic E-state index is 9.49. The number of rotatable bonds is 7. The van der Waals surface area contributed by atoms with Crippen molar-refractivity contribution in [3.8, 4) is 11.4 Å². The van der Waals surface area contributed by atoms with Crippen LogP contribution in [0, 0.1) is 0 Å². The molecular weight excluding hydrogens is 300 g/mol. The Morgan fingerprint density at radius 2 is 1.92 bits per heavy atom. The molecule has 1 aliphatic rings. The van der Waals surface area contributed by atoms with Gasteiger partial charge in [-0.05, 0) is 49.6 Å². The molecule has 0 atom stereocenters. The summed E-state index contributed by atoms with van der Waals surface area (Å²) in [6.45, 7) is 2.92. The number of aromatic nitrogens is 2. The highest BCUT2D eigenvalue weighted by Crippen LogP contribution is 2.34. The molecular formula is C20H28N2O2. The molecule has 130 valence electrons. The van der Waals surface area contributed by atoms with Gasteiger partial charge >= 0.3 is 0 Å². The molecule has 0 bridgehead atoms. The molecule has 1 fully saturated rings. The Morgan fingerprint density at radius 3 is 2.58 bits per heavy atom. The van der Waals surface area contributed by atoms with Crippen LogP contribution in [0.2, 0.25) is 0 Å². The Labute approximate surface area is 144 Å². The van der Waals surface area contributed by atoms with Gasteiger partial charge in [0, 0.05) is 11.6 Å². The first-order valence-corrected chi connectivity index (χ1v) is 9.24. The van der Waals surface area contributed by atoms with E-state index >= 15 is 0 Å². The topological polar surface area (TPSA) is 47.3 Å². The van der Waals surface area contributed by atoms with Crippen LogP contribution in [0.15, 0.2) is 30.3 Å². The third kappa shape index (κ3) is 3.99. The van der Waals surface area contributed by atoms with Gasteiger partial charge in [0.2, 0.25) is 0 Å². The van der Waals surface area contributed by atoms with Gasteiger partial charge < -0.3 is 9.84 Å². The smallest absolute Gasteiger partial charge is 0.119 e. The van der Waals surface area contributed by atoms with Crippen molar-refractivity contribution in [3.63, 3.8) is 0 Å². The van der Waals surface area contributed by atoms with Gasteiger partial charge in [-0.1, -0.05) is 32.6 Å². The zero-order valence-corrected chi connectivity index (χ0v) is 14.6. The first kappa shape index (κ1) is 17.0. The summed E-state index contributed by atoms with van der Waals surface area (Å²) in [5, 5.41) is 14.1. The van der Waals surface area contributed by atoms with E-state index in [-0.39, 0.29) is 6.61 Å². The van der Waals surface area contributed by atoms with Gasteiger partial charge in [-0.3, -0.25) is 0 Å². The minimum absolute atomic E-state index is 0.00900. The summed E-state index contributed by atoms with van der Waals surface area (Å²) < 4.78 is 7.75. The number of hydrogen-bond acceptors (Lipinski definition) is 3. The molecule has 0 saturated heterocycles. The van der Waals surface area contributed by atoms with E-state index in [0.29, 0.717) is 5.92 Å². The number of benzene rings is 1. The molecule has 1 aliphatic carbocycles. The van der Waals surface area contributed by atoms with Gasteiger partial charge in [-0.15, -0.1) is 0 Å². The van der Waals surface area contributed by atoms with Crippen molar-refractivity contribution in [2.45, 2.75) is 64.4 Å². The summed E-state index contributed by atoms with van der Waals surface area (Å²) in [4.78, 5) is 0. The van der Waals surface area contributed by atoms with Crippen LogP contribution in [-0.4, -0.2) is 21.5 Å². The monoisotopic (exact) mass is 328 g/mol. The van der Waals surface area contributed by atoms with Crippen molar-refractivity contribution >= 4 is 0 Å². The van der Waals surface area contributed by atoms with Gasteiger partial charge in [-0.25, -0.2) is 4.68 Å². The van der Waals surface area contributed by atoms with Gasteiger partial charge in [0.05, 0.1) is 24.6 Å². The summed E-state index contributed by atoms with van der Waals surface area (Å²) >= 11 is 0. The molecule has 2 aromatic rings. The lowest BCUT2D eigenvalue weighted by Gasteiger charge is -2.22. The molecule has 1 N–H and O–H groups in total. The Hall–Kier alpha value is -1.81. The van der Waals surface area contributed by atoms with Crippen molar-refractivity contribution in [2.75, 3.05) is 6.61 Å². The number of ether oxygens (including phenoxy) is 1. The Balaban J connectivity index is 1.81. The van der Waals surface area contributed by atoms with Crippen LogP contribution < -0.4 is 4.74 Å². The molecule has 0 unspecified atom stereocenters. The number of aliphatic hydroxyl groups is 1. The molecule has 24 heavy (non-hydrogen) atoms. The summed E-state index contributed by atoms with van der Waals surface area (Å²) in [5.41, 5.74) is 3.02. The number of nitrogens with zero attached hydrogens (tertiary/aromatic N) is 2. The van der Waals surface area contributed by atoms with Crippen LogP contribution in [0.4, 0.5) is 0 Å². The van der Waals surface area contributed by atoms with E-state index in [1.807, 2.05) is 16.8 Å². The minimum atomic E-state index is -0.00900. The van der Waals surface area contributed by atoms with Gasteiger partial charge in [-0.2, -0.15) is 5.10 Å². The van der Waals surface area contributed by atoms with E-state index in [1.165, 1.54) is 37.8 Å². The van der Waals surface area contributed by atoms with Crippen LogP contribution in [0.25, 0.3) is 5.69 Å². The molecule has 1 aromatic heterocycles. The van der Waals surface area contributed by atoms with Gasteiger partial charge in [0.25, 0.3) is 0 Å². The fraction of sp³-hybridized carbons (Fsp3) is 0.550. The molecule has 4 heteroatoms. The Bertz CT molecular complexity index is 628.